The van der Waals surface area contributed by atoms with Gasteiger partial charge in [0.05, 0.1) is 12.1 Å². The molecule has 18 heavy (non-hydrogen) atoms. The molecule has 2 N–H and O–H groups in total. The van der Waals surface area contributed by atoms with Crippen LogP contribution in [0.4, 0.5) is 5.82 Å². The van der Waals surface area contributed by atoms with Crippen LogP contribution in [0.2, 0.25) is 0 Å². The smallest absolute Gasteiger partial charge is 0.239 e. The third-order valence-electron chi connectivity index (χ3n) is 2.39. The van der Waals surface area contributed by atoms with E-state index in [1.54, 1.807) is 12.3 Å². The summed E-state index contributed by atoms with van der Waals surface area (Å²) in [5.74, 6) is 0.772. The van der Waals surface area contributed by atoms with Crippen molar-refractivity contribution in [2.24, 2.45) is 5.92 Å². The molecule has 0 radical (unpaired) electrons. The molecule has 1 amide bonds. The van der Waals surface area contributed by atoms with Crippen LogP contribution in [0.3, 0.4) is 0 Å². The van der Waals surface area contributed by atoms with Gasteiger partial charge in [-0.25, -0.2) is 4.98 Å². The van der Waals surface area contributed by atoms with Gasteiger partial charge in [-0.15, -0.1) is 0 Å². The van der Waals surface area contributed by atoms with E-state index >= 15 is 0 Å². The largest absolute Gasteiger partial charge is 0.360 e. The second-order valence-electron chi connectivity index (χ2n) is 4.51. The standard InChI is InChI=1S/C13H18N4O/c1-9(2)7-16-12(18)8-17-13-11(6-14)10(3)4-5-15-13/h4-5,9H,7-8H2,1-3H3,(H,15,17)(H,16,18). The minimum atomic E-state index is -0.101. The number of amides is 1. The number of aryl methyl sites for hydroxylation is 1. The number of hydrogen-bond donors (Lipinski definition) is 2. The first kappa shape index (κ1) is 14.0. The highest BCUT2D eigenvalue weighted by molar-refractivity contribution is 5.80. The molecule has 96 valence electrons. The molecule has 0 unspecified atom stereocenters. The Morgan fingerprint density at radius 2 is 2.28 bits per heavy atom. The first-order valence-electron chi connectivity index (χ1n) is 5.91. The lowest BCUT2D eigenvalue weighted by atomic mass is 10.1. The minimum absolute atomic E-state index is 0.101. The van der Waals surface area contributed by atoms with Crippen LogP contribution in [-0.4, -0.2) is 24.0 Å². The summed E-state index contributed by atoms with van der Waals surface area (Å²) in [4.78, 5) is 15.6. The molecule has 1 rings (SSSR count). The molecule has 5 heteroatoms. The molecule has 0 bridgehead atoms. The summed E-state index contributed by atoms with van der Waals surface area (Å²) in [5, 5.41) is 14.7. The summed E-state index contributed by atoms with van der Waals surface area (Å²) in [5.41, 5.74) is 1.33. The molecule has 0 spiro atoms. The van der Waals surface area contributed by atoms with Gasteiger partial charge >= 0.3 is 0 Å². The number of nitrogens with one attached hydrogen (secondary N) is 2. The van der Waals surface area contributed by atoms with E-state index in [-0.39, 0.29) is 12.5 Å². The third-order valence-corrected chi connectivity index (χ3v) is 2.39. The van der Waals surface area contributed by atoms with Crippen molar-refractivity contribution >= 4 is 11.7 Å². The molecule has 0 aliphatic rings. The number of rotatable bonds is 5. The van der Waals surface area contributed by atoms with Gasteiger partial charge in [0, 0.05) is 12.7 Å². The van der Waals surface area contributed by atoms with Gasteiger partial charge in [-0.1, -0.05) is 13.8 Å². The summed E-state index contributed by atoms with van der Waals surface area (Å²) < 4.78 is 0. The van der Waals surface area contributed by atoms with Gasteiger partial charge in [-0.05, 0) is 24.5 Å². The highest BCUT2D eigenvalue weighted by Gasteiger charge is 2.08. The second-order valence-corrected chi connectivity index (χ2v) is 4.51. The number of nitriles is 1. The quantitative estimate of drug-likeness (QED) is 0.824. The lowest BCUT2D eigenvalue weighted by Crippen LogP contribution is -2.32. The Kier molecular flexibility index (Phi) is 5.12. The third kappa shape index (κ3) is 4.06. The van der Waals surface area contributed by atoms with Gasteiger partial charge in [0.15, 0.2) is 0 Å². The molecule has 1 aromatic heterocycles. The number of hydrogen-bond acceptors (Lipinski definition) is 4. The molecule has 0 atom stereocenters. The maximum Gasteiger partial charge on any atom is 0.239 e. The lowest BCUT2D eigenvalue weighted by Gasteiger charge is -2.10. The SMILES string of the molecule is Cc1ccnc(NCC(=O)NCC(C)C)c1C#N. The predicted octanol–water partition coefficient (Wildman–Crippen LogP) is 1.45. The topological polar surface area (TPSA) is 77.8 Å². The van der Waals surface area contributed by atoms with Crippen LogP contribution < -0.4 is 10.6 Å². The van der Waals surface area contributed by atoms with E-state index in [0.29, 0.717) is 23.8 Å². The molecule has 0 aliphatic heterocycles. The molecule has 0 fully saturated rings. The monoisotopic (exact) mass is 246 g/mol. The van der Waals surface area contributed by atoms with E-state index in [0.717, 1.165) is 5.56 Å². The van der Waals surface area contributed by atoms with Crippen molar-refractivity contribution in [1.82, 2.24) is 10.3 Å². The van der Waals surface area contributed by atoms with Crippen LogP contribution in [0.1, 0.15) is 25.0 Å². The van der Waals surface area contributed by atoms with Gasteiger partial charge in [-0.3, -0.25) is 4.79 Å². The minimum Gasteiger partial charge on any atom is -0.360 e. The van der Waals surface area contributed by atoms with Gasteiger partial charge in [0.2, 0.25) is 5.91 Å². The number of carbonyl (C=O) groups excluding carboxylic acids is 1. The number of anilines is 1. The van der Waals surface area contributed by atoms with Crippen molar-refractivity contribution in [1.29, 1.82) is 5.26 Å². The Morgan fingerprint density at radius 1 is 1.56 bits per heavy atom. The zero-order chi connectivity index (χ0) is 13.5. The zero-order valence-electron chi connectivity index (χ0n) is 10.9. The average molecular weight is 246 g/mol. The summed E-state index contributed by atoms with van der Waals surface area (Å²) in [6, 6.07) is 3.85. The van der Waals surface area contributed by atoms with Crippen LogP contribution in [0, 0.1) is 24.2 Å². The van der Waals surface area contributed by atoms with E-state index in [9.17, 15) is 4.79 Å². The van der Waals surface area contributed by atoms with Gasteiger partial charge in [-0.2, -0.15) is 5.26 Å². The van der Waals surface area contributed by atoms with Crippen LogP contribution in [-0.2, 0) is 4.79 Å². The number of aromatic nitrogens is 1. The van der Waals surface area contributed by atoms with Crippen LogP contribution in [0.25, 0.3) is 0 Å². The fourth-order valence-electron chi connectivity index (χ4n) is 1.38. The normalized spacial score (nSPS) is 9.94. The molecular formula is C13H18N4O. The molecule has 1 heterocycles. The number of pyridine rings is 1. The van der Waals surface area contributed by atoms with E-state index < -0.39 is 0 Å². The van der Waals surface area contributed by atoms with Crippen molar-refractivity contribution in [3.8, 4) is 6.07 Å². The molecule has 0 aliphatic carbocycles. The van der Waals surface area contributed by atoms with Crippen molar-refractivity contribution in [2.45, 2.75) is 20.8 Å². The molecule has 0 aromatic carbocycles. The maximum atomic E-state index is 11.5. The summed E-state index contributed by atoms with van der Waals surface area (Å²) in [7, 11) is 0. The maximum absolute atomic E-state index is 11.5. The van der Waals surface area contributed by atoms with Gasteiger partial charge in [0.25, 0.3) is 0 Å². The van der Waals surface area contributed by atoms with Crippen molar-refractivity contribution in [2.75, 3.05) is 18.4 Å². The van der Waals surface area contributed by atoms with E-state index in [1.165, 1.54) is 0 Å². The van der Waals surface area contributed by atoms with E-state index in [1.807, 2.05) is 20.8 Å². The number of nitrogens with zero attached hydrogens (tertiary/aromatic N) is 2. The van der Waals surface area contributed by atoms with Crippen LogP contribution in [0.5, 0.6) is 0 Å². The summed E-state index contributed by atoms with van der Waals surface area (Å²) >= 11 is 0. The first-order chi connectivity index (χ1) is 8.54. The molecule has 5 nitrogen and oxygen atoms in total. The fraction of sp³-hybridized carbons (Fsp3) is 0.462. The number of carbonyl (C=O) groups is 1. The van der Waals surface area contributed by atoms with Crippen molar-refractivity contribution in [3.63, 3.8) is 0 Å². The predicted molar refractivity (Wildman–Crippen MR) is 70.0 cm³/mol. The first-order valence-corrected chi connectivity index (χ1v) is 5.91. The highest BCUT2D eigenvalue weighted by atomic mass is 16.1. The Hall–Kier alpha value is -2.09. The lowest BCUT2D eigenvalue weighted by molar-refractivity contribution is -0.119. The van der Waals surface area contributed by atoms with Crippen LogP contribution >= 0.6 is 0 Å². The Bertz CT molecular complexity index is 463. The Labute approximate surface area is 107 Å². The average Bonchev–Trinajstić information content (AvgIpc) is 2.33. The van der Waals surface area contributed by atoms with Crippen molar-refractivity contribution in [3.05, 3.63) is 23.4 Å². The van der Waals surface area contributed by atoms with E-state index in [4.69, 9.17) is 5.26 Å². The molecule has 0 saturated carbocycles. The molecule has 0 saturated heterocycles. The second kappa shape index (κ2) is 6.60. The van der Waals surface area contributed by atoms with Gasteiger partial charge in [0.1, 0.15) is 11.9 Å². The molecular weight excluding hydrogens is 228 g/mol. The highest BCUT2D eigenvalue weighted by Crippen LogP contribution is 2.14. The zero-order valence-corrected chi connectivity index (χ0v) is 10.9. The summed E-state index contributed by atoms with van der Waals surface area (Å²) in [6.45, 7) is 6.67. The van der Waals surface area contributed by atoms with E-state index in [2.05, 4.69) is 21.7 Å². The Morgan fingerprint density at radius 3 is 2.89 bits per heavy atom. The summed E-state index contributed by atoms with van der Waals surface area (Å²) in [6.07, 6.45) is 1.62. The van der Waals surface area contributed by atoms with Crippen molar-refractivity contribution < 1.29 is 4.79 Å². The molecule has 1 aromatic rings. The van der Waals surface area contributed by atoms with Gasteiger partial charge < -0.3 is 10.6 Å². The fourth-order valence-corrected chi connectivity index (χ4v) is 1.38. The van der Waals surface area contributed by atoms with Crippen LogP contribution in [0.15, 0.2) is 12.3 Å². The Balaban J connectivity index is 2.57.